The summed E-state index contributed by atoms with van der Waals surface area (Å²) in [5, 5.41) is 11.5. The molecule has 0 saturated carbocycles. The molecule has 0 aliphatic rings. The average Bonchev–Trinajstić information content (AvgIpc) is 3.13. The lowest BCUT2D eigenvalue weighted by Gasteiger charge is -2.16. The minimum Gasteiger partial charge on any atom is -0.483 e. The van der Waals surface area contributed by atoms with E-state index in [0.29, 0.717) is 0 Å². The third-order valence-electron chi connectivity index (χ3n) is 3.23. The Morgan fingerprint density at radius 3 is 2.67 bits per heavy atom. The molecule has 1 aromatic heterocycles. The number of likely N-dealkylation sites (N-methyl/N-ethyl adjacent to an activating group) is 1. The van der Waals surface area contributed by atoms with Crippen LogP contribution in [0.3, 0.4) is 0 Å². The Morgan fingerprint density at radius 1 is 1.33 bits per heavy atom. The van der Waals surface area contributed by atoms with Crippen LogP contribution >= 0.6 is 0 Å². The second-order valence-corrected chi connectivity index (χ2v) is 5.41. The van der Waals surface area contributed by atoms with Crippen molar-refractivity contribution in [2.45, 2.75) is 6.18 Å². The second-order valence-electron chi connectivity index (χ2n) is 5.41. The number of halogens is 3. The SMILES string of the molecule is CN(CC(=O)Nc1ccc(OCC(F)(F)F)c(C#N)c1)C(=O)c1ccco1. The Kier molecular flexibility index (Phi) is 6.07. The van der Waals surface area contributed by atoms with Gasteiger partial charge in [-0.3, -0.25) is 9.59 Å². The number of benzene rings is 1. The fourth-order valence-corrected chi connectivity index (χ4v) is 2.06. The Balaban J connectivity index is 1.99. The average molecular weight is 381 g/mol. The number of rotatable bonds is 6. The van der Waals surface area contributed by atoms with Crippen molar-refractivity contribution in [2.24, 2.45) is 0 Å². The maximum atomic E-state index is 12.2. The van der Waals surface area contributed by atoms with Crippen molar-refractivity contribution in [1.82, 2.24) is 4.90 Å². The molecule has 2 aromatic rings. The predicted molar refractivity (Wildman–Crippen MR) is 87.0 cm³/mol. The Labute approximate surface area is 151 Å². The number of amides is 2. The molecule has 1 N–H and O–H groups in total. The molecule has 0 aliphatic carbocycles. The van der Waals surface area contributed by atoms with Gasteiger partial charge in [0, 0.05) is 12.7 Å². The standard InChI is InChI=1S/C17H14F3N3O4/c1-23(16(25)14-3-2-6-26-14)9-15(24)22-12-4-5-13(11(7-12)8-21)27-10-17(18,19)20/h2-7H,9-10H2,1H3,(H,22,24). The maximum Gasteiger partial charge on any atom is 0.422 e. The van der Waals surface area contributed by atoms with Crippen LogP contribution in [0.4, 0.5) is 18.9 Å². The lowest BCUT2D eigenvalue weighted by Crippen LogP contribution is -2.34. The van der Waals surface area contributed by atoms with Crippen LogP contribution < -0.4 is 10.1 Å². The van der Waals surface area contributed by atoms with E-state index in [4.69, 9.17) is 9.68 Å². The first-order valence-electron chi connectivity index (χ1n) is 7.52. The molecule has 2 rings (SSSR count). The van der Waals surface area contributed by atoms with Crippen molar-refractivity contribution >= 4 is 17.5 Å². The second kappa shape index (κ2) is 8.27. The van der Waals surface area contributed by atoms with Crippen LogP contribution in [-0.4, -0.2) is 43.1 Å². The zero-order chi connectivity index (χ0) is 20.0. The highest BCUT2D eigenvalue weighted by atomic mass is 19.4. The summed E-state index contributed by atoms with van der Waals surface area (Å²) in [6, 6.07) is 8.31. The molecule has 0 spiro atoms. The Hall–Kier alpha value is -3.48. The molecule has 1 aromatic carbocycles. The van der Waals surface area contributed by atoms with Gasteiger partial charge < -0.3 is 19.4 Å². The zero-order valence-electron chi connectivity index (χ0n) is 14.0. The maximum absolute atomic E-state index is 12.2. The van der Waals surface area contributed by atoms with E-state index in [0.717, 1.165) is 11.0 Å². The molecule has 0 atom stereocenters. The topological polar surface area (TPSA) is 95.6 Å². The van der Waals surface area contributed by atoms with Gasteiger partial charge >= 0.3 is 6.18 Å². The van der Waals surface area contributed by atoms with Gasteiger partial charge in [-0.2, -0.15) is 18.4 Å². The molecule has 0 saturated heterocycles. The summed E-state index contributed by atoms with van der Waals surface area (Å²) in [6.07, 6.45) is -3.21. The number of furan rings is 1. The summed E-state index contributed by atoms with van der Waals surface area (Å²) < 4.78 is 46.2. The fourth-order valence-electron chi connectivity index (χ4n) is 2.06. The monoisotopic (exact) mass is 381 g/mol. The van der Waals surface area contributed by atoms with Crippen LogP contribution in [0.5, 0.6) is 5.75 Å². The number of nitriles is 1. The molecule has 2 amide bonds. The number of carbonyl (C=O) groups is 2. The fraction of sp³-hybridized carbons (Fsp3) is 0.235. The number of nitrogens with one attached hydrogen (secondary N) is 1. The molecule has 1 heterocycles. The molecule has 0 unspecified atom stereocenters. The lowest BCUT2D eigenvalue weighted by molar-refractivity contribution is -0.153. The van der Waals surface area contributed by atoms with Gasteiger partial charge in [0.25, 0.3) is 5.91 Å². The van der Waals surface area contributed by atoms with Crippen LogP contribution in [-0.2, 0) is 4.79 Å². The highest BCUT2D eigenvalue weighted by molar-refractivity contribution is 5.98. The summed E-state index contributed by atoms with van der Waals surface area (Å²) in [5.41, 5.74) is 0.00632. The summed E-state index contributed by atoms with van der Waals surface area (Å²) in [5.74, 6) is -1.24. The molecule has 10 heteroatoms. The molecule has 0 bridgehead atoms. The Morgan fingerprint density at radius 2 is 2.07 bits per heavy atom. The number of nitrogens with zero attached hydrogens (tertiary/aromatic N) is 2. The van der Waals surface area contributed by atoms with Gasteiger partial charge in [-0.15, -0.1) is 0 Å². The van der Waals surface area contributed by atoms with Crippen molar-refractivity contribution in [3.8, 4) is 11.8 Å². The third-order valence-corrected chi connectivity index (χ3v) is 3.23. The quantitative estimate of drug-likeness (QED) is 0.830. The molecular formula is C17H14F3N3O4. The normalized spacial score (nSPS) is 10.8. The minimum atomic E-state index is -4.54. The van der Waals surface area contributed by atoms with Crippen molar-refractivity contribution in [3.63, 3.8) is 0 Å². The number of hydrogen-bond donors (Lipinski definition) is 1. The van der Waals surface area contributed by atoms with Gasteiger partial charge in [0.2, 0.25) is 5.91 Å². The summed E-state index contributed by atoms with van der Waals surface area (Å²) in [4.78, 5) is 25.2. The molecule has 142 valence electrons. The van der Waals surface area contributed by atoms with E-state index >= 15 is 0 Å². The molecule has 0 fully saturated rings. The van der Waals surface area contributed by atoms with Gasteiger partial charge in [0.15, 0.2) is 12.4 Å². The van der Waals surface area contributed by atoms with Gasteiger partial charge in [-0.05, 0) is 30.3 Å². The number of alkyl halides is 3. The first kappa shape index (κ1) is 19.8. The molecule has 0 aliphatic heterocycles. The van der Waals surface area contributed by atoms with E-state index in [1.807, 2.05) is 0 Å². The smallest absolute Gasteiger partial charge is 0.422 e. The van der Waals surface area contributed by atoms with E-state index in [1.165, 1.54) is 37.6 Å². The molecule has 27 heavy (non-hydrogen) atoms. The van der Waals surface area contributed by atoms with Gasteiger partial charge in [-0.25, -0.2) is 0 Å². The summed E-state index contributed by atoms with van der Waals surface area (Å²) >= 11 is 0. The first-order valence-corrected chi connectivity index (χ1v) is 7.52. The lowest BCUT2D eigenvalue weighted by atomic mass is 10.2. The summed E-state index contributed by atoms with van der Waals surface area (Å²) in [7, 11) is 1.40. The van der Waals surface area contributed by atoms with E-state index in [2.05, 4.69) is 10.1 Å². The summed E-state index contributed by atoms with van der Waals surface area (Å²) in [6.45, 7) is -1.83. The largest absolute Gasteiger partial charge is 0.483 e. The highest BCUT2D eigenvalue weighted by Gasteiger charge is 2.29. The van der Waals surface area contributed by atoms with Crippen LogP contribution in [0, 0.1) is 11.3 Å². The third kappa shape index (κ3) is 5.78. The van der Waals surface area contributed by atoms with Crippen LogP contribution in [0.1, 0.15) is 16.1 Å². The van der Waals surface area contributed by atoms with Gasteiger partial charge in [0.05, 0.1) is 18.4 Å². The van der Waals surface area contributed by atoms with E-state index in [9.17, 15) is 22.8 Å². The predicted octanol–water partition coefficient (Wildman–Crippen LogP) is 2.80. The van der Waals surface area contributed by atoms with Crippen LogP contribution in [0.2, 0.25) is 0 Å². The zero-order valence-corrected chi connectivity index (χ0v) is 14.0. The minimum absolute atomic E-state index is 0.0724. The Bertz CT molecular complexity index is 857. The van der Waals surface area contributed by atoms with E-state index < -0.39 is 24.6 Å². The first-order chi connectivity index (χ1) is 12.7. The van der Waals surface area contributed by atoms with E-state index in [1.54, 1.807) is 6.07 Å². The van der Waals surface area contributed by atoms with Crippen molar-refractivity contribution in [1.29, 1.82) is 5.26 Å². The number of hydrogen-bond acceptors (Lipinski definition) is 5. The van der Waals surface area contributed by atoms with Crippen molar-refractivity contribution in [2.75, 3.05) is 25.5 Å². The van der Waals surface area contributed by atoms with Gasteiger partial charge in [-0.1, -0.05) is 0 Å². The number of anilines is 1. The van der Waals surface area contributed by atoms with Crippen molar-refractivity contribution < 1.29 is 31.9 Å². The number of carbonyl (C=O) groups excluding carboxylic acids is 2. The number of ether oxygens (including phenoxy) is 1. The van der Waals surface area contributed by atoms with Crippen molar-refractivity contribution in [3.05, 3.63) is 47.9 Å². The van der Waals surface area contributed by atoms with Crippen LogP contribution in [0.15, 0.2) is 41.0 Å². The van der Waals surface area contributed by atoms with E-state index in [-0.39, 0.29) is 29.3 Å². The highest BCUT2D eigenvalue weighted by Crippen LogP contribution is 2.24. The van der Waals surface area contributed by atoms with Crippen LogP contribution in [0.25, 0.3) is 0 Å². The molecule has 7 nitrogen and oxygen atoms in total. The van der Waals surface area contributed by atoms with Gasteiger partial charge in [0.1, 0.15) is 11.8 Å². The molecule has 0 radical (unpaired) electrons. The molecular weight excluding hydrogens is 367 g/mol.